The molecule has 0 spiro atoms. The Morgan fingerprint density at radius 3 is 2.53 bits per heavy atom. The minimum absolute atomic E-state index is 0.488. The van der Waals surface area contributed by atoms with Crippen molar-refractivity contribution in [2.24, 2.45) is 0 Å². The average Bonchev–Trinajstić information content (AvgIpc) is 3.43. The normalized spacial score (nSPS) is 16.4. The maximum Gasteiger partial charge on any atom is 0.00960 e. The molecule has 2 atom stereocenters. The highest BCUT2D eigenvalue weighted by molar-refractivity contribution is 5.78. The standard InChI is InChI=1S/C32H34/c1-2-3-4-5-6-7-8-18-29(31-22-21-24-14-9-11-16-26(24)31)30-20-13-19-28-27-17-12-10-15-25(27)23-32(28)30/h2,9-17,19-22,29,31H,1,3-8,18,23H2. The first-order valence-electron chi connectivity index (χ1n) is 12.4. The summed E-state index contributed by atoms with van der Waals surface area (Å²) in [5.74, 6) is 1.04. The molecule has 0 heteroatoms. The Balaban J connectivity index is 1.41. The van der Waals surface area contributed by atoms with Gasteiger partial charge in [0, 0.05) is 5.92 Å². The van der Waals surface area contributed by atoms with Crippen LogP contribution in [0.25, 0.3) is 17.2 Å². The van der Waals surface area contributed by atoms with Crippen molar-refractivity contribution in [2.45, 2.75) is 63.2 Å². The van der Waals surface area contributed by atoms with E-state index in [4.69, 9.17) is 0 Å². The van der Waals surface area contributed by atoms with Crippen molar-refractivity contribution in [1.82, 2.24) is 0 Å². The van der Waals surface area contributed by atoms with Crippen LogP contribution in [0.5, 0.6) is 0 Å². The summed E-state index contributed by atoms with van der Waals surface area (Å²) in [7, 11) is 0. The van der Waals surface area contributed by atoms with E-state index in [0.29, 0.717) is 11.8 Å². The maximum absolute atomic E-state index is 3.85. The molecular formula is C32H34. The van der Waals surface area contributed by atoms with Crippen LogP contribution in [0.15, 0.2) is 85.5 Å². The highest BCUT2D eigenvalue weighted by Gasteiger charge is 2.31. The fourth-order valence-corrected chi connectivity index (χ4v) is 5.87. The van der Waals surface area contributed by atoms with E-state index in [1.54, 1.807) is 11.1 Å². The lowest BCUT2D eigenvalue weighted by Gasteiger charge is -2.27. The van der Waals surface area contributed by atoms with Gasteiger partial charge in [0.25, 0.3) is 0 Å². The number of allylic oxidation sites excluding steroid dienone is 2. The van der Waals surface area contributed by atoms with Crippen molar-refractivity contribution in [3.8, 4) is 11.1 Å². The molecule has 3 aromatic rings. The zero-order valence-corrected chi connectivity index (χ0v) is 19.1. The van der Waals surface area contributed by atoms with Gasteiger partial charge in [0.1, 0.15) is 0 Å². The molecule has 0 bridgehead atoms. The molecular weight excluding hydrogens is 384 g/mol. The van der Waals surface area contributed by atoms with Crippen molar-refractivity contribution in [1.29, 1.82) is 0 Å². The van der Waals surface area contributed by atoms with Crippen LogP contribution in [-0.2, 0) is 6.42 Å². The second-order valence-corrected chi connectivity index (χ2v) is 9.46. The third-order valence-electron chi connectivity index (χ3n) is 7.48. The van der Waals surface area contributed by atoms with E-state index in [2.05, 4.69) is 85.5 Å². The Morgan fingerprint density at radius 2 is 1.59 bits per heavy atom. The molecule has 0 aromatic heterocycles. The minimum atomic E-state index is 0.488. The van der Waals surface area contributed by atoms with E-state index in [-0.39, 0.29) is 0 Å². The molecule has 162 valence electrons. The molecule has 5 rings (SSSR count). The summed E-state index contributed by atoms with van der Waals surface area (Å²) >= 11 is 0. The van der Waals surface area contributed by atoms with Crippen LogP contribution in [0.1, 0.15) is 84.6 Å². The Hall–Kier alpha value is -2.86. The molecule has 0 saturated carbocycles. The second-order valence-electron chi connectivity index (χ2n) is 9.46. The van der Waals surface area contributed by atoms with E-state index in [1.165, 1.54) is 66.3 Å². The van der Waals surface area contributed by atoms with Gasteiger partial charge < -0.3 is 0 Å². The van der Waals surface area contributed by atoms with Gasteiger partial charge in [-0.2, -0.15) is 0 Å². The monoisotopic (exact) mass is 418 g/mol. The number of rotatable bonds is 10. The maximum atomic E-state index is 3.85. The predicted octanol–water partition coefficient (Wildman–Crippen LogP) is 9.07. The van der Waals surface area contributed by atoms with Gasteiger partial charge in [-0.15, -0.1) is 6.58 Å². The zero-order valence-electron chi connectivity index (χ0n) is 19.1. The third kappa shape index (κ3) is 4.11. The SMILES string of the molecule is C=CCCCCCCCC(c1cccc2c1Cc1ccccc1-2)C1C=Cc2ccccc21. The number of fused-ring (bicyclic) bond motifs is 4. The fourth-order valence-electron chi connectivity index (χ4n) is 5.87. The van der Waals surface area contributed by atoms with Crippen molar-refractivity contribution < 1.29 is 0 Å². The molecule has 0 fully saturated rings. The third-order valence-corrected chi connectivity index (χ3v) is 7.48. The molecule has 2 aliphatic carbocycles. The summed E-state index contributed by atoms with van der Waals surface area (Å²) < 4.78 is 0. The minimum Gasteiger partial charge on any atom is -0.103 e. The van der Waals surface area contributed by atoms with Crippen LogP contribution in [-0.4, -0.2) is 0 Å². The van der Waals surface area contributed by atoms with E-state index >= 15 is 0 Å². The highest BCUT2D eigenvalue weighted by atomic mass is 14.3. The molecule has 0 aliphatic heterocycles. The van der Waals surface area contributed by atoms with Gasteiger partial charge >= 0.3 is 0 Å². The lowest BCUT2D eigenvalue weighted by Crippen LogP contribution is -2.11. The van der Waals surface area contributed by atoms with Gasteiger partial charge in [-0.25, -0.2) is 0 Å². The second kappa shape index (κ2) is 9.74. The lowest BCUT2D eigenvalue weighted by atomic mass is 9.77. The molecule has 2 aliphatic rings. The Bertz CT molecular complexity index is 1120. The topological polar surface area (TPSA) is 0 Å². The largest absolute Gasteiger partial charge is 0.103 e. The summed E-state index contributed by atoms with van der Waals surface area (Å²) in [6.45, 7) is 3.85. The molecule has 3 aromatic carbocycles. The van der Waals surface area contributed by atoms with Gasteiger partial charge in [-0.05, 0) is 70.5 Å². The molecule has 2 unspecified atom stereocenters. The van der Waals surface area contributed by atoms with Gasteiger partial charge in [0.2, 0.25) is 0 Å². The van der Waals surface area contributed by atoms with Crippen LogP contribution in [0.2, 0.25) is 0 Å². The van der Waals surface area contributed by atoms with Crippen molar-refractivity contribution in [3.05, 3.63) is 113 Å². The fraction of sp³-hybridized carbons (Fsp3) is 0.312. The first-order valence-corrected chi connectivity index (χ1v) is 12.4. The van der Waals surface area contributed by atoms with Gasteiger partial charge in [0.05, 0.1) is 0 Å². The summed E-state index contributed by atoms with van der Waals surface area (Å²) in [6, 6.07) is 25.0. The Kier molecular flexibility index (Phi) is 6.39. The van der Waals surface area contributed by atoms with Gasteiger partial charge in [0.15, 0.2) is 0 Å². The Labute approximate surface area is 193 Å². The molecule has 0 saturated heterocycles. The average molecular weight is 419 g/mol. The van der Waals surface area contributed by atoms with Crippen LogP contribution >= 0.6 is 0 Å². The Morgan fingerprint density at radius 1 is 0.812 bits per heavy atom. The molecule has 0 nitrogen and oxygen atoms in total. The van der Waals surface area contributed by atoms with Crippen LogP contribution in [0.4, 0.5) is 0 Å². The van der Waals surface area contributed by atoms with E-state index in [1.807, 2.05) is 6.08 Å². The summed E-state index contributed by atoms with van der Waals surface area (Å²) in [4.78, 5) is 0. The number of unbranched alkanes of at least 4 members (excludes halogenated alkanes) is 5. The van der Waals surface area contributed by atoms with Gasteiger partial charge in [-0.1, -0.05) is 111 Å². The zero-order chi connectivity index (χ0) is 21.8. The molecule has 0 amide bonds. The lowest BCUT2D eigenvalue weighted by molar-refractivity contribution is 0.513. The summed E-state index contributed by atoms with van der Waals surface area (Å²) in [5, 5.41) is 0. The van der Waals surface area contributed by atoms with Crippen LogP contribution in [0, 0.1) is 0 Å². The predicted molar refractivity (Wildman–Crippen MR) is 138 cm³/mol. The molecule has 0 N–H and O–H groups in total. The molecule has 32 heavy (non-hydrogen) atoms. The van der Waals surface area contributed by atoms with Crippen LogP contribution in [0.3, 0.4) is 0 Å². The van der Waals surface area contributed by atoms with E-state index in [9.17, 15) is 0 Å². The van der Waals surface area contributed by atoms with Crippen LogP contribution < -0.4 is 0 Å². The summed E-state index contributed by atoms with van der Waals surface area (Å²) in [6.07, 6.45) is 17.0. The number of hydrogen-bond donors (Lipinski definition) is 0. The quantitative estimate of drug-likeness (QED) is 0.178. The van der Waals surface area contributed by atoms with Crippen molar-refractivity contribution >= 4 is 6.08 Å². The number of benzene rings is 3. The smallest absolute Gasteiger partial charge is 0.00960 e. The van der Waals surface area contributed by atoms with Crippen molar-refractivity contribution in [2.75, 3.05) is 0 Å². The summed E-state index contributed by atoms with van der Waals surface area (Å²) in [5.41, 5.74) is 10.5. The highest BCUT2D eigenvalue weighted by Crippen LogP contribution is 2.48. The first-order chi connectivity index (χ1) is 15.9. The molecule has 0 heterocycles. The number of hydrogen-bond acceptors (Lipinski definition) is 0. The van der Waals surface area contributed by atoms with E-state index in [0.717, 1.165) is 12.8 Å². The van der Waals surface area contributed by atoms with Gasteiger partial charge in [-0.3, -0.25) is 0 Å². The molecule has 0 radical (unpaired) electrons. The first kappa shape index (κ1) is 21.0. The van der Waals surface area contributed by atoms with Crippen molar-refractivity contribution in [3.63, 3.8) is 0 Å². The van der Waals surface area contributed by atoms with E-state index < -0.39 is 0 Å².